The van der Waals surface area contributed by atoms with Gasteiger partial charge in [0, 0.05) is 46.3 Å². The number of hydrogen-bond acceptors (Lipinski definition) is 5. The van der Waals surface area contributed by atoms with E-state index in [1.165, 1.54) is 24.8 Å². The Morgan fingerprint density at radius 2 is 1.87 bits per heavy atom. The molecule has 8 nitrogen and oxygen atoms in total. The molecule has 0 unspecified atom stereocenters. The predicted molar refractivity (Wildman–Crippen MR) is 107 cm³/mol. The van der Waals surface area contributed by atoms with Crippen molar-refractivity contribution in [3.63, 3.8) is 0 Å². The molecule has 2 N–H and O–H groups in total. The molecule has 2 saturated heterocycles. The average Bonchev–Trinajstić information content (AvgIpc) is 3.06. The van der Waals surface area contributed by atoms with Crippen LogP contribution >= 0.6 is 0 Å². The Labute approximate surface area is 173 Å². The molecular weight excluding hydrogens is 398 g/mol. The number of amides is 3. The van der Waals surface area contributed by atoms with Crippen molar-refractivity contribution in [3.05, 3.63) is 24.0 Å². The molecule has 2 aliphatic rings. The van der Waals surface area contributed by atoms with Crippen LogP contribution in [-0.2, 0) is 14.3 Å². The van der Waals surface area contributed by atoms with E-state index in [1.807, 2.05) is 0 Å². The minimum Gasteiger partial charge on any atom is -0.447 e. The minimum absolute atomic E-state index is 0.0512. The summed E-state index contributed by atoms with van der Waals surface area (Å²) in [5.74, 6) is -1.05. The average molecular weight is 424 g/mol. The van der Waals surface area contributed by atoms with Gasteiger partial charge in [-0.3, -0.25) is 14.5 Å². The summed E-state index contributed by atoms with van der Waals surface area (Å²) in [6, 6.07) is 3.99. The Hall–Kier alpha value is -2.91. The standard InChI is InChI=1S/C20H26F2N4O4/c1-13(27)23-10-16-11-30-19(29)26(16)15-3-4-18(17(21)9-15)25-7-5-20(22,6-8-25)12-24-14(2)28/h3-4,9,16H,5-8,10-12H2,1-2H3,(H,23,27)(H,24,28)/t16-/m0/s1. The van der Waals surface area contributed by atoms with Gasteiger partial charge < -0.3 is 20.3 Å². The van der Waals surface area contributed by atoms with Gasteiger partial charge in [0.1, 0.15) is 18.1 Å². The lowest BCUT2D eigenvalue weighted by Crippen LogP contribution is -2.48. The summed E-state index contributed by atoms with van der Waals surface area (Å²) in [5.41, 5.74) is -0.850. The number of ether oxygens (including phenoxy) is 1. The molecule has 2 heterocycles. The van der Waals surface area contributed by atoms with E-state index in [4.69, 9.17) is 4.74 Å². The van der Waals surface area contributed by atoms with Gasteiger partial charge in [-0.15, -0.1) is 0 Å². The third-order valence-corrected chi connectivity index (χ3v) is 5.41. The Morgan fingerprint density at radius 1 is 1.20 bits per heavy atom. The van der Waals surface area contributed by atoms with Crippen LogP contribution in [0.1, 0.15) is 26.7 Å². The van der Waals surface area contributed by atoms with Crippen molar-refractivity contribution < 1.29 is 27.9 Å². The van der Waals surface area contributed by atoms with Crippen LogP contribution in [0.5, 0.6) is 0 Å². The first-order valence-corrected chi connectivity index (χ1v) is 9.87. The van der Waals surface area contributed by atoms with Crippen molar-refractivity contribution in [2.24, 2.45) is 0 Å². The third kappa shape index (κ3) is 4.98. The molecule has 1 aromatic carbocycles. The number of piperidine rings is 1. The summed E-state index contributed by atoms with van der Waals surface area (Å²) in [7, 11) is 0. The predicted octanol–water partition coefficient (Wildman–Crippen LogP) is 1.73. The van der Waals surface area contributed by atoms with Gasteiger partial charge in [-0.25, -0.2) is 13.6 Å². The smallest absolute Gasteiger partial charge is 0.414 e. The SMILES string of the molecule is CC(=O)NC[C@H]1COC(=O)N1c1ccc(N2CCC(F)(CNC(C)=O)CC2)c(F)c1. The van der Waals surface area contributed by atoms with Crippen LogP contribution in [0.3, 0.4) is 0 Å². The van der Waals surface area contributed by atoms with Gasteiger partial charge >= 0.3 is 6.09 Å². The molecular formula is C20H26F2N4O4. The van der Waals surface area contributed by atoms with Crippen molar-refractivity contribution in [1.29, 1.82) is 0 Å². The van der Waals surface area contributed by atoms with Crippen LogP contribution in [0.25, 0.3) is 0 Å². The molecule has 2 fully saturated rings. The molecule has 10 heteroatoms. The lowest BCUT2D eigenvalue weighted by Gasteiger charge is -2.38. The van der Waals surface area contributed by atoms with Crippen LogP contribution in [0.4, 0.5) is 25.0 Å². The summed E-state index contributed by atoms with van der Waals surface area (Å²) in [5, 5.41) is 5.14. The van der Waals surface area contributed by atoms with Gasteiger partial charge in [0.25, 0.3) is 0 Å². The summed E-state index contributed by atoms with van der Waals surface area (Å²) in [4.78, 5) is 37.3. The van der Waals surface area contributed by atoms with Crippen molar-refractivity contribution in [2.45, 2.75) is 38.4 Å². The first kappa shape index (κ1) is 21.8. The topological polar surface area (TPSA) is 91.0 Å². The van der Waals surface area contributed by atoms with Gasteiger partial charge in [0.2, 0.25) is 11.8 Å². The fraction of sp³-hybridized carbons (Fsp3) is 0.550. The molecule has 0 spiro atoms. The highest BCUT2D eigenvalue weighted by Gasteiger charge is 2.37. The maximum atomic E-state index is 14.9. The number of carbonyl (C=O) groups is 3. The second kappa shape index (κ2) is 8.85. The van der Waals surface area contributed by atoms with E-state index in [-0.39, 0.29) is 44.4 Å². The Kier molecular flexibility index (Phi) is 6.42. The van der Waals surface area contributed by atoms with Crippen molar-refractivity contribution in [3.8, 4) is 0 Å². The number of hydrogen-bond donors (Lipinski definition) is 2. The van der Waals surface area contributed by atoms with E-state index in [1.54, 1.807) is 17.0 Å². The highest BCUT2D eigenvalue weighted by Crippen LogP contribution is 2.33. The highest BCUT2D eigenvalue weighted by atomic mass is 19.1. The maximum Gasteiger partial charge on any atom is 0.414 e. The maximum absolute atomic E-state index is 14.9. The number of anilines is 2. The minimum atomic E-state index is -1.51. The largest absolute Gasteiger partial charge is 0.447 e. The molecule has 1 aromatic rings. The van der Waals surface area contributed by atoms with Gasteiger partial charge in [-0.2, -0.15) is 0 Å². The molecule has 0 aliphatic carbocycles. The molecule has 3 amide bonds. The number of cyclic esters (lactones) is 1. The highest BCUT2D eigenvalue weighted by molar-refractivity contribution is 5.90. The molecule has 2 aliphatic heterocycles. The first-order valence-electron chi connectivity index (χ1n) is 9.87. The Morgan fingerprint density at radius 3 is 2.47 bits per heavy atom. The lowest BCUT2D eigenvalue weighted by molar-refractivity contribution is -0.120. The van der Waals surface area contributed by atoms with E-state index in [0.29, 0.717) is 24.5 Å². The summed E-state index contributed by atoms with van der Waals surface area (Å²) >= 11 is 0. The van der Waals surface area contributed by atoms with Crippen LogP contribution in [0.15, 0.2) is 18.2 Å². The molecule has 164 valence electrons. The molecule has 3 rings (SSSR count). The lowest BCUT2D eigenvalue weighted by atomic mass is 9.92. The monoisotopic (exact) mass is 424 g/mol. The van der Waals surface area contributed by atoms with Crippen LogP contribution in [-0.4, -0.2) is 62.4 Å². The molecule has 0 saturated carbocycles. The van der Waals surface area contributed by atoms with Crippen LogP contribution in [0.2, 0.25) is 0 Å². The summed E-state index contributed by atoms with van der Waals surface area (Å²) < 4.78 is 34.7. The number of rotatable bonds is 6. The second-order valence-corrected chi connectivity index (χ2v) is 7.72. The fourth-order valence-corrected chi connectivity index (χ4v) is 3.70. The zero-order valence-electron chi connectivity index (χ0n) is 17.0. The Balaban J connectivity index is 1.68. The van der Waals surface area contributed by atoms with E-state index in [2.05, 4.69) is 10.6 Å². The normalized spacial score (nSPS) is 20.7. The molecule has 0 aromatic heterocycles. The molecule has 0 bridgehead atoms. The summed E-state index contributed by atoms with van der Waals surface area (Å²) in [6.07, 6.45) is -0.257. The van der Waals surface area contributed by atoms with Gasteiger partial charge in [0.05, 0.1) is 24.0 Å². The van der Waals surface area contributed by atoms with E-state index >= 15 is 0 Å². The van der Waals surface area contributed by atoms with E-state index < -0.39 is 23.6 Å². The number of alkyl halides is 1. The molecule has 30 heavy (non-hydrogen) atoms. The fourth-order valence-electron chi connectivity index (χ4n) is 3.70. The number of halogens is 2. The number of nitrogens with zero attached hydrogens (tertiary/aromatic N) is 2. The van der Waals surface area contributed by atoms with Crippen LogP contribution in [0, 0.1) is 5.82 Å². The number of nitrogens with one attached hydrogen (secondary N) is 2. The van der Waals surface area contributed by atoms with Crippen molar-refractivity contribution >= 4 is 29.3 Å². The third-order valence-electron chi connectivity index (χ3n) is 5.41. The molecule has 0 radical (unpaired) electrons. The van der Waals surface area contributed by atoms with Crippen molar-refractivity contribution in [1.82, 2.24) is 10.6 Å². The number of carbonyl (C=O) groups excluding carboxylic acids is 3. The Bertz CT molecular complexity index is 827. The second-order valence-electron chi connectivity index (χ2n) is 7.72. The van der Waals surface area contributed by atoms with Gasteiger partial charge in [-0.05, 0) is 18.2 Å². The number of benzene rings is 1. The van der Waals surface area contributed by atoms with E-state index in [0.717, 1.165) is 0 Å². The summed E-state index contributed by atoms with van der Waals surface area (Å²) in [6.45, 7) is 3.57. The first-order chi connectivity index (χ1) is 14.2. The van der Waals surface area contributed by atoms with Crippen LogP contribution < -0.4 is 20.4 Å². The quantitative estimate of drug-likeness (QED) is 0.726. The van der Waals surface area contributed by atoms with Gasteiger partial charge in [0.15, 0.2) is 0 Å². The zero-order valence-corrected chi connectivity index (χ0v) is 17.0. The molecule has 1 atom stereocenters. The van der Waals surface area contributed by atoms with Crippen molar-refractivity contribution in [2.75, 3.05) is 42.6 Å². The van der Waals surface area contributed by atoms with E-state index in [9.17, 15) is 23.2 Å². The zero-order chi connectivity index (χ0) is 21.9. The van der Waals surface area contributed by atoms with Gasteiger partial charge in [-0.1, -0.05) is 0 Å².